The molecule has 9 aromatic carbocycles. The molecule has 0 radical (unpaired) electrons. The number of pyridine rings is 1. The van der Waals surface area contributed by atoms with Crippen molar-refractivity contribution in [3.8, 4) is 28.3 Å². The van der Waals surface area contributed by atoms with Crippen LogP contribution in [0.1, 0.15) is 0 Å². The second kappa shape index (κ2) is 12.3. The summed E-state index contributed by atoms with van der Waals surface area (Å²) in [7, 11) is 0. The van der Waals surface area contributed by atoms with Crippen LogP contribution in [-0.4, -0.2) is 18.7 Å². The van der Waals surface area contributed by atoms with Crippen LogP contribution in [0, 0.1) is 0 Å². The Morgan fingerprint density at radius 3 is 1.36 bits per heavy atom. The minimum absolute atomic E-state index is 0.999. The van der Waals surface area contributed by atoms with E-state index in [1.807, 2.05) is 0 Å². The summed E-state index contributed by atoms with van der Waals surface area (Å²) in [5.74, 6) is 0. The number of benzene rings is 9. The quantitative estimate of drug-likeness (QED) is 0.165. The summed E-state index contributed by atoms with van der Waals surface area (Å²) < 4.78 is 7.35. The predicted molar refractivity (Wildman–Crippen MR) is 248 cm³/mol. The molecule has 59 heavy (non-hydrogen) atoms. The molecule has 4 heteroatoms. The lowest BCUT2D eigenvalue weighted by Crippen LogP contribution is -1.99. The Bertz CT molecular complexity index is 3810. The molecule has 0 aliphatic rings. The van der Waals surface area contributed by atoms with Gasteiger partial charge < -0.3 is 13.7 Å². The Morgan fingerprint density at radius 2 is 0.729 bits per heavy atom. The first-order valence-electron chi connectivity index (χ1n) is 20.2. The number of nitrogens with zero attached hydrogens (tertiary/aromatic N) is 4. The van der Waals surface area contributed by atoms with E-state index in [0.29, 0.717) is 0 Å². The fourth-order valence-corrected chi connectivity index (χ4v) is 9.96. The molecule has 0 N–H and O–H groups in total. The zero-order valence-electron chi connectivity index (χ0n) is 31.9. The van der Waals surface area contributed by atoms with Crippen molar-refractivity contribution in [3.05, 3.63) is 206 Å². The van der Waals surface area contributed by atoms with Gasteiger partial charge >= 0.3 is 0 Å². The molecule has 0 amide bonds. The average molecular weight is 751 g/mol. The summed E-state index contributed by atoms with van der Waals surface area (Å²) in [5, 5.41) is 11.0. The lowest BCUT2D eigenvalue weighted by molar-refractivity contribution is 1.13. The molecule has 0 saturated carbocycles. The van der Waals surface area contributed by atoms with Gasteiger partial charge in [0.15, 0.2) is 0 Å². The van der Waals surface area contributed by atoms with Gasteiger partial charge in [-0.1, -0.05) is 140 Å². The van der Waals surface area contributed by atoms with Gasteiger partial charge in [-0.2, -0.15) is 0 Å². The van der Waals surface area contributed by atoms with Crippen LogP contribution in [0.15, 0.2) is 206 Å². The van der Waals surface area contributed by atoms with Crippen molar-refractivity contribution in [2.45, 2.75) is 0 Å². The predicted octanol–water partition coefficient (Wildman–Crippen LogP) is 14.3. The summed E-state index contributed by atoms with van der Waals surface area (Å²) >= 11 is 0. The van der Waals surface area contributed by atoms with Gasteiger partial charge in [0.25, 0.3) is 0 Å². The molecule has 0 fully saturated rings. The number of hydrogen-bond acceptors (Lipinski definition) is 1. The third kappa shape index (κ3) is 4.51. The zero-order valence-corrected chi connectivity index (χ0v) is 31.9. The van der Waals surface area contributed by atoms with Crippen LogP contribution < -0.4 is 0 Å². The molecule has 4 aromatic heterocycles. The van der Waals surface area contributed by atoms with Crippen molar-refractivity contribution in [1.82, 2.24) is 18.7 Å². The molecule has 4 heterocycles. The molecular formula is C55H34N4. The van der Waals surface area contributed by atoms with Crippen LogP contribution in [0.25, 0.3) is 115 Å². The van der Waals surface area contributed by atoms with Gasteiger partial charge in [-0.15, -0.1) is 0 Å². The van der Waals surface area contributed by atoms with Crippen molar-refractivity contribution in [2.75, 3.05) is 0 Å². The second-order valence-corrected chi connectivity index (χ2v) is 15.5. The number of para-hydroxylation sites is 5. The standard InChI is InChI=1S/C55H34N4/c1-3-15-35(16-4-1)53-45-33-34-50-52(51(45)43-21-7-11-23-46(43)56-53)44-22-10-14-26-49(44)57(50)37-27-29-38(30-28-37)59-48-25-13-9-20-40(48)42-32-31-41-39-19-8-12-24-47(39)58(54(41)55(42)59)36-17-5-2-6-18-36/h1-34H. The fraction of sp³-hybridized carbons (Fsp3) is 0. The van der Waals surface area contributed by atoms with E-state index >= 15 is 0 Å². The Labute approximate surface area is 339 Å². The molecule has 274 valence electrons. The summed E-state index contributed by atoms with van der Waals surface area (Å²) in [5.41, 5.74) is 13.7. The third-order valence-corrected chi connectivity index (χ3v) is 12.4. The molecule has 13 rings (SSSR count). The molecule has 0 aliphatic heterocycles. The van der Waals surface area contributed by atoms with Crippen molar-refractivity contribution < 1.29 is 0 Å². The molecule has 0 bridgehead atoms. The van der Waals surface area contributed by atoms with Crippen LogP contribution in [-0.2, 0) is 0 Å². The lowest BCUT2D eigenvalue weighted by Gasteiger charge is -2.14. The Morgan fingerprint density at radius 1 is 0.271 bits per heavy atom. The first-order valence-corrected chi connectivity index (χ1v) is 20.2. The van der Waals surface area contributed by atoms with Crippen molar-refractivity contribution in [3.63, 3.8) is 0 Å². The summed E-state index contributed by atoms with van der Waals surface area (Å²) in [6, 6.07) is 74.7. The number of fused-ring (bicyclic) bond motifs is 14. The number of aromatic nitrogens is 4. The van der Waals surface area contributed by atoms with Crippen molar-refractivity contribution >= 4 is 87.1 Å². The highest BCUT2D eigenvalue weighted by atomic mass is 15.0. The Hall–Kier alpha value is -7.95. The van der Waals surface area contributed by atoms with Gasteiger partial charge in [-0.05, 0) is 66.7 Å². The highest BCUT2D eigenvalue weighted by Crippen LogP contribution is 2.44. The fourth-order valence-electron chi connectivity index (χ4n) is 9.96. The van der Waals surface area contributed by atoms with Crippen LogP contribution >= 0.6 is 0 Å². The number of rotatable bonds is 4. The van der Waals surface area contributed by atoms with E-state index in [1.54, 1.807) is 0 Å². The first kappa shape index (κ1) is 32.2. The maximum absolute atomic E-state index is 5.25. The molecular weight excluding hydrogens is 717 g/mol. The van der Waals surface area contributed by atoms with E-state index in [9.17, 15) is 0 Å². The normalized spacial score (nSPS) is 12.1. The van der Waals surface area contributed by atoms with Crippen LogP contribution in [0.3, 0.4) is 0 Å². The molecule has 0 atom stereocenters. The lowest BCUT2D eigenvalue weighted by atomic mass is 9.96. The van der Waals surface area contributed by atoms with E-state index < -0.39 is 0 Å². The van der Waals surface area contributed by atoms with Gasteiger partial charge in [0.1, 0.15) is 0 Å². The van der Waals surface area contributed by atoms with E-state index in [2.05, 4.69) is 220 Å². The van der Waals surface area contributed by atoms with Crippen molar-refractivity contribution in [1.29, 1.82) is 0 Å². The second-order valence-electron chi connectivity index (χ2n) is 15.5. The smallest absolute Gasteiger partial charge is 0.0788 e. The number of hydrogen-bond donors (Lipinski definition) is 0. The SMILES string of the molecule is c1ccc(-c2nc3ccccc3c3c2ccc2c3c3ccccc3n2-c2ccc(-n3c4ccccc4c4ccc5c6ccccc6n(-c6ccccc6)c5c43)cc2)cc1. The Balaban J connectivity index is 1.08. The van der Waals surface area contributed by atoms with E-state index in [0.717, 1.165) is 44.6 Å². The zero-order chi connectivity index (χ0) is 38.6. The first-order chi connectivity index (χ1) is 29.3. The average Bonchev–Trinajstić information content (AvgIpc) is 3.95. The summed E-state index contributed by atoms with van der Waals surface area (Å²) in [6.45, 7) is 0. The molecule has 0 spiro atoms. The van der Waals surface area contributed by atoms with E-state index in [1.165, 1.54) is 70.8 Å². The maximum atomic E-state index is 5.25. The summed E-state index contributed by atoms with van der Waals surface area (Å²) in [4.78, 5) is 5.25. The van der Waals surface area contributed by atoms with E-state index in [-0.39, 0.29) is 0 Å². The van der Waals surface area contributed by atoms with Gasteiger partial charge in [-0.3, -0.25) is 0 Å². The van der Waals surface area contributed by atoms with Crippen LogP contribution in [0.5, 0.6) is 0 Å². The highest BCUT2D eigenvalue weighted by molar-refractivity contribution is 6.29. The van der Waals surface area contributed by atoms with Crippen LogP contribution in [0.4, 0.5) is 0 Å². The molecule has 0 aliphatic carbocycles. The molecule has 0 saturated heterocycles. The topological polar surface area (TPSA) is 27.7 Å². The van der Waals surface area contributed by atoms with Gasteiger partial charge in [-0.25, -0.2) is 4.98 Å². The van der Waals surface area contributed by atoms with E-state index in [4.69, 9.17) is 4.98 Å². The highest BCUT2D eigenvalue weighted by Gasteiger charge is 2.22. The largest absolute Gasteiger partial charge is 0.309 e. The summed E-state index contributed by atoms with van der Waals surface area (Å²) in [6.07, 6.45) is 0. The van der Waals surface area contributed by atoms with Gasteiger partial charge in [0.05, 0.1) is 44.3 Å². The monoisotopic (exact) mass is 750 g/mol. The molecule has 13 aromatic rings. The maximum Gasteiger partial charge on any atom is 0.0788 e. The van der Waals surface area contributed by atoms with Gasteiger partial charge in [0.2, 0.25) is 0 Å². The van der Waals surface area contributed by atoms with Gasteiger partial charge in [0, 0.05) is 71.1 Å². The third-order valence-electron chi connectivity index (χ3n) is 12.4. The minimum atomic E-state index is 0.999. The molecule has 0 unspecified atom stereocenters. The molecule has 4 nitrogen and oxygen atoms in total. The Kier molecular flexibility index (Phi) is 6.69. The minimum Gasteiger partial charge on any atom is -0.309 e. The van der Waals surface area contributed by atoms with Crippen LogP contribution in [0.2, 0.25) is 0 Å². The van der Waals surface area contributed by atoms with Crippen molar-refractivity contribution in [2.24, 2.45) is 0 Å².